The molecule has 0 radical (unpaired) electrons. The molecule has 3 heteroatoms. The number of benzene rings is 1. The Morgan fingerprint density at radius 2 is 2.06 bits per heavy atom. The zero-order valence-corrected chi connectivity index (χ0v) is 13.3. The van der Waals surface area contributed by atoms with Crippen LogP contribution in [0.5, 0.6) is 0 Å². The van der Waals surface area contributed by atoms with Crippen molar-refractivity contribution >= 4 is 37.6 Å². The summed E-state index contributed by atoms with van der Waals surface area (Å²) in [6, 6.07) is 5.82. The molecule has 0 aromatic heterocycles. The highest BCUT2D eigenvalue weighted by atomic mass is 79.9. The summed E-state index contributed by atoms with van der Waals surface area (Å²) in [5, 5.41) is 0. The molecule has 2 saturated carbocycles. The second-order valence-electron chi connectivity index (χ2n) is 5.69. The van der Waals surface area contributed by atoms with Gasteiger partial charge in [0, 0.05) is 20.9 Å². The summed E-state index contributed by atoms with van der Waals surface area (Å²) >= 11 is 6.91. The molecule has 3 unspecified atom stereocenters. The van der Waals surface area contributed by atoms with Gasteiger partial charge in [0.1, 0.15) is 0 Å². The fourth-order valence-corrected chi connectivity index (χ4v) is 4.96. The van der Waals surface area contributed by atoms with Crippen LogP contribution in [-0.4, -0.2) is 5.78 Å². The number of Topliss-reactive ketones (excluding diaryl/α,β-unsaturated/α-hetero) is 1. The van der Waals surface area contributed by atoms with Gasteiger partial charge >= 0.3 is 0 Å². The number of rotatable bonds is 3. The molecule has 0 saturated heterocycles. The van der Waals surface area contributed by atoms with Crippen LogP contribution < -0.4 is 0 Å². The SMILES string of the molecule is O=C(CC1CC2CCC1C2)c1ccc(Br)cc1Br. The second kappa shape index (κ2) is 5.09. The molecule has 0 heterocycles. The van der Waals surface area contributed by atoms with E-state index in [9.17, 15) is 4.79 Å². The number of carbonyl (C=O) groups is 1. The number of hydrogen-bond acceptors (Lipinski definition) is 1. The standard InChI is InChI=1S/C15H16Br2O/c16-12-3-4-13(14(17)8-12)15(18)7-11-6-9-1-2-10(11)5-9/h3-4,8-11H,1-2,5-7H2. The molecule has 0 spiro atoms. The van der Waals surface area contributed by atoms with Crippen molar-refractivity contribution in [3.63, 3.8) is 0 Å². The molecule has 3 rings (SSSR count). The summed E-state index contributed by atoms with van der Waals surface area (Å²) in [5.41, 5.74) is 0.834. The lowest BCUT2D eigenvalue weighted by molar-refractivity contribution is 0.0943. The van der Waals surface area contributed by atoms with Crippen molar-refractivity contribution in [2.24, 2.45) is 17.8 Å². The molecule has 0 N–H and O–H groups in total. The van der Waals surface area contributed by atoms with Gasteiger partial charge in [0.25, 0.3) is 0 Å². The first-order chi connectivity index (χ1) is 8.63. The molecule has 2 aliphatic carbocycles. The van der Waals surface area contributed by atoms with Crippen LogP contribution >= 0.6 is 31.9 Å². The van der Waals surface area contributed by atoms with E-state index >= 15 is 0 Å². The van der Waals surface area contributed by atoms with Gasteiger partial charge < -0.3 is 0 Å². The maximum absolute atomic E-state index is 12.4. The minimum atomic E-state index is 0.298. The van der Waals surface area contributed by atoms with Gasteiger partial charge in [0.15, 0.2) is 5.78 Å². The Balaban J connectivity index is 1.71. The average Bonchev–Trinajstić information content (AvgIpc) is 2.90. The third-order valence-electron chi connectivity index (χ3n) is 4.56. The average molecular weight is 372 g/mol. The summed E-state index contributed by atoms with van der Waals surface area (Å²) in [4.78, 5) is 12.4. The number of fused-ring (bicyclic) bond motifs is 2. The molecule has 96 valence electrons. The van der Waals surface area contributed by atoms with Gasteiger partial charge in [-0.1, -0.05) is 38.3 Å². The molecule has 18 heavy (non-hydrogen) atoms. The summed E-state index contributed by atoms with van der Waals surface area (Å²) in [5.74, 6) is 2.69. The Morgan fingerprint density at radius 1 is 1.22 bits per heavy atom. The van der Waals surface area contributed by atoms with E-state index in [1.807, 2.05) is 18.2 Å². The zero-order chi connectivity index (χ0) is 12.7. The third kappa shape index (κ3) is 2.44. The molecule has 0 amide bonds. The molecule has 3 atom stereocenters. The maximum Gasteiger partial charge on any atom is 0.164 e. The van der Waals surface area contributed by atoms with Crippen LogP contribution in [0.3, 0.4) is 0 Å². The number of ketones is 1. The van der Waals surface area contributed by atoms with Gasteiger partial charge in [-0.2, -0.15) is 0 Å². The smallest absolute Gasteiger partial charge is 0.164 e. The number of hydrogen-bond donors (Lipinski definition) is 0. The third-order valence-corrected chi connectivity index (χ3v) is 5.71. The Hall–Kier alpha value is -0.150. The van der Waals surface area contributed by atoms with E-state index in [-0.39, 0.29) is 0 Å². The van der Waals surface area contributed by atoms with E-state index in [2.05, 4.69) is 31.9 Å². The first-order valence-corrected chi connectivity index (χ1v) is 8.20. The predicted octanol–water partition coefficient (Wildman–Crippen LogP) is 5.22. The highest BCUT2D eigenvalue weighted by Crippen LogP contribution is 2.49. The molecular formula is C15H16Br2O. The van der Waals surface area contributed by atoms with Gasteiger partial charge in [-0.05, 0) is 55.2 Å². The van der Waals surface area contributed by atoms with Crippen LogP contribution in [-0.2, 0) is 0 Å². The molecule has 1 aromatic rings. The van der Waals surface area contributed by atoms with Crippen molar-refractivity contribution in [3.8, 4) is 0 Å². The lowest BCUT2D eigenvalue weighted by atomic mass is 9.84. The first-order valence-electron chi connectivity index (χ1n) is 6.61. The highest BCUT2D eigenvalue weighted by molar-refractivity contribution is 9.11. The van der Waals surface area contributed by atoms with Crippen molar-refractivity contribution in [2.75, 3.05) is 0 Å². The van der Waals surface area contributed by atoms with Crippen molar-refractivity contribution in [1.29, 1.82) is 0 Å². The van der Waals surface area contributed by atoms with E-state index in [1.54, 1.807) is 0 Å². The minimum Gasteiger partial charge on any atom is -0.294 e. The lowest BCUT2D eigenvalue weighted by Crippen LogP contribution is -2.15. The van der Waals surface area contributed by atoms with Crippen LogP contribution in [0.15, 0.2) is 27.1 Å². The van der Waals surface area contributed by atoms with Crippen LogP contribution in [0.25, 0.3) is 0 Å². The van der Waals surface area contributed by atoms with Crippen molar-refractivity contribution < 1.29 is 4.79 Å². The van der Waals surface area contributed by atoms with E-state index in [1.165, 1.54) is 25.7 Å². The fraction of sp³-hybridized carbons (Fsp3) is 0.533. The lowest BCUT2D eigenvalue weighted by Gasteiger charge is -2.20. The second-order valence-corrected chi connectivity index (χ2v) is 7.46. The van der Waals surface area contributed by atoms with Gasteiger partial charge in [-0.25, -0.2) is 0 Å². The highest BCUT2D eigenvalue weighted by Gasteiger charge is 2.40. The van der Waals surface area contributed by atoms with Crippen LogP contribution in [0.1, 0.15) is 42.5 Å². The van der Waals surface area contributed by atoms with Crippen molar-refractivity contribution in [3.05, 3.63) is 32.7 Å². The molecular weight excluding hydrogens is 356 g/mol. The first kappa shape index (κ1) is 12.9. The van der Waals surface area contributed by atoms with E-state index in [4.69, 9.17) is 0 Å². The Morgan fingerprint density at radius 3 is 2.67 bits per heavy atom. The summed E-state index contributed by atoms with van der Waals surface area (Å²) in [7, 11) is 0. The molecule has 0 aliphatic heterocycles. The van der Waals surface area contributed by atoms with Gasteiger partial charge in [0.2, 0.25) is 0 Å². The van der Waals surface area contributed by atoms with Gasteiger partial charge in [-0.15, -0.1) is 0 Å². The summed E-state index contributed by atoms with van der Waals surface area (Å²) in [6.45, 7) is 0. The largest absolute Gasteiger partial charge is 0.294 e. The molecule has 2 bridgehead atoms. The van der Waals surface area contributed by atoms with Crippen molar-refractivity contribution in [2.45, 2.75) is 32.1 Å². The minimum absolute atomic E-state index is 0.298. The quantitative estimate of drug-likeness (QED) is 0.665. The van der Waals surface area contributed by atoms with Crippen LogP contribution in [0.4, 0.5) is 0 Å². The molecule has 1 aromatic carbocycles. The van der Waals surface area contributed by atoms with Gasteiger partial charge in [-0.3, -0.25) is 4.79 Å². The normalized spacial score (nSPS) is 29.8. The monoisotopic (exact) mass is 370 g/mol. The summed E-state index contributed by atoms with van der Waals surface area (Å²) in [6.07, 6.45) is 6.15. The molecule has 2 aliphatic rings. The van der Waals surface area contributed by atoms with Crippen LogP contribution in [0, 0.1) is 17.8 Å². The maximum atomic E-state index is 12.4. The summed E-state index contributed by atoms with van der Waals surface area (Å²) < 4.78 is 1.91. The Labute approximate surface area is 125 Å². The van der Waals surface area contributed by atoms with Crippen molar-refractivity contribution in [1.82, 2.24) is 0 Å². The zero-order valence-electron chi connectivity index (χ0n) is 10.2. The number of halogens is 2. The Kier molecular flexibility index (Phi) is 3.63. The molecule has 2 fully saturated rings. The topological polar surface area (TPSA) is 17.1 Å². The van der Waals surface area contributed by atoms with Gasteiger partial charge in [0.05, 0.1) is 0 Å². The molecule has 1 nitrogen and oxygen atoms in total. The van der Waals surface area contributed by atoms with E-state index in [0.717, 1.165) is 32.8 Å². The van der Waals surface area contributed by atoms with E-state index < -0.39 is 0 Å². The van der Waals surface area contributed by atoms with E-state index in [0.29, 0.717) is 11.7 Å². The van der Waals surface area contributed by atoms with Crippen LogP contribution in [0.2, 0.25) is 0 Å². The predicted molar refractivity (Wildman–Crippen MR) is 79.7 cm³/mol. The Bertz CT molecular complexity index is 483. The fourth-order valence-electron chi connectivity index (χ4n) is 3.69. The number of carbonyl (C=O) groups excluding carboxylic acids is 1.